The number of carboxylic acids is 1. The lowest BCUT2D eigenvalue weighted by Gasteiger charge is -2.29. The van der Waals surface area contributed by atoms with Gasteiger partial charge in [-0.25, -0.2) is 4.79 Å². The molecule has 0 aliphatic heterocycles. The number of nitrogens with one attached hydrogen (secondary N) is 1. The molecule has 21 heavy (non-hydrogen) atoms. The number of carboxylic acid groups (broad SMARTS) is 1. The fourth-order valence-electron chi connectivity index (χ4n) is 2.20. The van der Waals surface area contributed by atoms with E-state index in [-0.39, 0.29) is 5.56 Å². The van der Waals surface area contributed by atoms with Gasteiger partial charge in [-0.2, -0.15) is 0 Å². The van der Waals surface area contributed by atoms with Crippen LogP contribution < -0.4 is 10.1 Å². The fourth-order valence-corrected chi connectivity index (χ4v) is 2.20. The molecule has 110 valence electrons. The summed E-state index contributed by atoms with van der Waals surface area (Å²) in [5.41, 5.74) is 1.51. The number of anilines is 1. The summed E-state index contributed by atoms with van der Waals surface area (Å²) in [6, 6.07) is 14.6. The zero-order valence-electron chi connectivity index (χ0n) is 12.4. The molecule has 0 unspecified atom stereocenters. The highest BCUT2D eigenvalue weighted by atomic mass is 16.5. The minimum atomic E-state index is -0.941. The van der Waals surface area contributed by atoms with E-state index < -0.39 is 11.5 Å². The van der Waals surface area contributed by atoms with Gasteiger partial charge in [0.1, 0.15) is 5.75 Å². The lowest BCUT2D eigenvalue weighted by molar-refractivity contribution is 0.0698. The number of hydrogen-bond acceptors (Lipinski definition) is 3. The standard InChI is InChI=1S/C17H19NO3/c1-17(2,12-8-10-13(21-3)11-9-12)18-15-7-5-4-6-14(15)16(19)20/h4-11,18H,1-3H3,(H,19,20). The van der Waals surface area contributed by atoms with Gasteiger partial charge in [-0.1, -0.05) is 24.3 Å². The molecule has 0 radical (unpaired) electrons. The third-order valence-electron chi connectivity index (χ3n) is 3.42. The molecule has 4 heteroatoms. The first kappa shape index (κ1) is 14.9. The molecule has 2 aromatic rings. The van der Waals surface area contributed by atoms with Crippen molar-refractivity contribution in [2.75, 3.05) is 12.4 Å². The molecule has 0 bridgehead atoms. The monoisotopic (exact) mass is 285 g/mol. The van der Waals surface area contributed by atoms with E-state index in [0.29, 0.717) is 5.69 Å². The molecule has 2 aromatic carbocycles. The second-order valence-corrected chi connectivity index (χ2v) is 5.33. The van der Waals surface area contributed by atoms with Crippen LogP contribution in [-0.4, -0.2) is 18.2 Å². The third kappa shape index (κ3) is 3.34. The van der Waals surface area contributed by atoms with Gasteiger partial charge in [-0.3, -0.25) is 0 Å². The Morgan fingerprint density at radius 3 is 2.29 bits per heavy atom. The van der Waals surface area contributed by atoms with Gasteiger partial charge in [-0.05, 0) is 43.7 Å². The molecule has 2 rings (SSSR count). The number of ether oxygens (including phenoxy) is 1. The Morgan fingerprint density at radius 1 is 1.10 bits per heavy atom. The second-order valence-electron chi connectivity index (χ2n) is 5.33. The molecule has 0 aliphatic rings. The lowest BCUT2D eigenvalue weighted by Crippen LogP contribution is -2.28. The summed E-state index contributed by atoms with van der Waals surface area (Å²) in [6.07, 6.45) is 0. The van der Waals surface area contributed by atoms with Crippen LogP contribution in [-0.2, 0) is 5.54 Å². The predicted molar refractivity (Wildman–Crippen MR) is 83.0 cm³/mol. The summed E-state index contributed by atoms with van der Waals surface area (Å²) in [4.78, 5) is 11.3. The van der Waals surface area contributed by atoms with Crippen molar-refractivity contribution in [3.8, 4) is 5.75 Å². The Bertz CT molecular complexity index is 633. The highest BCUT2D eigenvalue weighted by Gasteiger charge is 2.22. The van der Waals surface area contributed by atoms with Crippen LogP contribution in [0, 0.1) is 0 Å². The van der Waals surface area contributed by atoms with Crippen LogP contribution in [0.15, 0.2) is 48.5 Å². The highest BCUT2D eigenvalue weighted by molar-refractivity contribution is 5.94. The van der Waals surface area contributed by atoms with Gasteiger partial charge in [0.2, 0.25) is 0 Å². The summed E-state index contributed by atoms with van der Waals surface area (Å²) in [5.74, 6) is -0.149. The van der Waals surface area contributed by atoms with Gasteiger partial charge in [0.25, 0.3) is 0 Å². The van der Waals surface area contributed by atoms with Gasteiger partial charge < -0.3 is 15.2 Å². The van der Waals surface area contributed by atoms with Crippen molar-refractivity contribution in [3.05, 3.63) is 59.7 Å². The average Bonchev–Trinajstić information content (AvgIpc) is 2.47. The zero-order valence-corrected chi connectivity index (χ0v) is 12.4. The Hall–Kier alpha value is -2.49. The van der Waals surface area contributed by atoms with Crippen molar-refractivity contribution in [2.45, 2.75) is 19.4 Å². The van der Waals surface area contributed by atoms with E-state index >= 15 is 0 Å². The molecule has 0 saturated heterocycles. The molecule has 2 N–H and O–H groups in total. The number of rotatable bonds is 5. The van der Waals surface area contributed by atoms with E-state index in [9.17, 15) is 9.90 Å². The van der Waals surface area contributed by atoms with Crippen molar-refractivity contribution >= 4 is 11.7 Å². The SMILES string of the molecule is COc1ccc(C(C)(C)Nc2ccccc2C(=O)O)cc1. The number of hydrogen-bond donors (Lipinski definition) is 2. The topological polar surface area (TPSA) is 58.6 Å². The first-order valence-corrected chi connectivity index (χ1v) is 6.69. The molecule has 0 amide bonds. The van der Waals surface area contributed by atoms with E-state index in [0.717, 1.165) is 11.3 Å². The Morgan fingerprint density at radius 2 is 1.71 bits per heavy atom. The molecular formula is C17H19NO3. The van der Waals surface area contributed by atoms with Crippen LogP contribution in [0.3, 0.4) is 0 Å². The highest BCUT2D eigenvalue weighted by Crippen LogP contribution is 2.28. The molecular weight excluding hydrogens is 266 g/mol. The normalized spacial score (nSPS) is 11.0. The largest absolute Gasteiger partial charge is 0.497 e. The number of para-hydroxylation sites is 1. The summed E-state index contributed by atoms with van der Waals surface area (Å²) >= 11 is 0. The first-order valence-electron chi connectivity index (χ1n) is 6.69. The maximum Gasteiger partial charge on any atom is 0.337 e. The smallest absolute Gasteiger partial charge is 0.337 e. The molecule has 0 aliphatic carbocycles. The second kappa shape index (κ2) is 5.87. The molecule has 4 nitrogen and oxygen atoms in total. The van der Waals surface area contributed by atoms with Crippen molar-refractivity contribution in [3.63, 3.8) is 0 Å². The van der Waals surface area contributed by atoms with Crippen LogP contribution in [0.2, 0.25) is 0 Å². The number of aromatic carboxylic acids is 1. The van der Waals surface area contributed by atoms with Gasteiger partial charge >= 0.3 is 5.97 Å². The van der Waals surface area contributed by atoms with E-state index in [1.807, 2.05) is 44.2 Å². The maximum absolute atomic E-state index is 11.3. The van der Waals surface area contributed by atoms with Crippen molar-refractivity contribution in [2.24, 2.45) is 0 Å². The Balaban J connectivity index is 2.30. The summed E-state index contributed by atoms with van der Waals surface area (Å²) in [5, 5.41) is 12.5. The summed E-state index contributed by atoms with van der Waals surface area (Å²) in [6.45, 7) is 4.01. The first-order chi connectivity index (χ1) is 9.94. The van der Waals surface area contributed by atoms with E-state index in [1.54, 1.807) is 25.3 Å². The fraction of sp³-hybridized carbons (Fsp3) is 0.235. The van der Waals surface area contributed by atoms with Crippen LogP contribution >= 0.6 is 0 Å². The van der Waals surface area contributed by atoms with Gasteiger partial charge in [0, 0.05) is 5.69 Å². The van der Waals surface area contributed by atoms with Crippen molar-refractivity contribution in [1.82, 2.24) is 0 Å². The minimum Gasteiger partial charge on any atom is -0.497 e. The Labute approximate surface area is 124 Å². The summed E-state index contributed by atoms with van der Waals surface area (Å²) in [7, 11) is 1.63. The average molecular weight is 285 g/mol. The van der Waals surface area contributed by atoms with Crippen LogP contribution in [0.1, 0.15) is 29.8 Å². The number of methoxy groups -OCH3 is 1. The Kier molecular flexibility index (Phi) is 4.17. The van der Waals surface area contributed by atoms with Crippen LogP contribution in [0.4, 0.5) is 5.69 Å². The maximum atomic E-state index is 11.3. The molecule has 0 fully saturated rings. The minimum absolute atomic E-state index is 0.263. The van der Waals surface area contributed by atoms with Gasteiger partial charge in [-0.15, -0.1) is 0 Å². The third-order valence-corrected chi connectivity index (χ3v) is 3.42. The van der Waals surface area contributed by atoms with Gasteiger partial charge in [0.05, 0.1) is 18.2 Å². The van der Waals surface area contributed by atoms with Crippen molar-refractivity contribution in [1.29, 1.82) is 0 Å². The predicted octanol–water partition coefficient (Wildman–Crippen LogP) is 3.74. The van der Waals surface area contributed by atoms with E-state index in [1.165, 1.54) is 0 Å². The quantitative estimate of drug-likeness (QED) is 0.878. The van der Waals surface area contributed by atoms with Gasteiger partial charge in [0.15, 0.2) is 0 Å². The lowest BCUT2D eigenvalue weighted by atomic mass is 9.93. The molecule has 0 atom stereocenters. The van der Waals surface area contributed by atoms with Crippen LogP contribution in [0.25, 0.3) is 0 Å². The van der Waals surface area contributed by atoms with E-state index in [2.05, 4.69) is 5.32 Å². The molecule has 0 spiro atoms. The number of benzene rings is 2. The molecule has 0 saturated carbocycles. The van der Waals surface area contributed by atoms with E-state index in [4.69, 9.17) is 4.74 Å². The molecule has 0 heterocycles. The molecule has 0 aromatic heterocycles. The zero-order chi connectivity index (χ0) is 15.5. The van der Waals surface area contributed by atoms with Crippen LogP contribution in [0.5, 0.6) is 5.75 Å². The number of carbonyl (C=O) groups is 1. The summed E-state index contributed by atoms with van der Waals surface area (Å²) < 4.78 is 5.15. The van der Waals surface area contributed by atoms with Crippen molar-refractivity contribution < 1.29 is 14.6 Å².